The molecule has 2 aromatic heterocycles. The van der Waals surface area contributed by atoms with Crippen LogP contribution < -0.4 is 5.69 Å². The van der Waals surface area contributed by atoms with E-state index in [0.29, 0.717) is 25.3 Å². The number of aromatic nitrogens is 4. The summed E-state index contributed by atoms with van der Waals surface area (Å²) in [6.07, 6.45) is 6.14. The number of piperidine rings is 1. The quantitative estimate of drug-likeness (QED) is 0.799. The van der Waals surface area contributed by atoms with Crippen LogP contribution in [-0.2, 0) is 16.6 Å². The van der Waals surface area contributed by atoms with Crippen LogP contribution in [0.15, 0.2) is 17.3 Å². The highest BCUT2D eigenvalue weighted by Gasteiger charge is 2.32. The maximum absolute atomic E-state index is 12.6. The van der Waals surface area contributed by atoms with Crippen LogP contribution in [0.4, 0.5) is 0 Å². The second-order valence-electron chi connectivity index (χ2n) is 6.50. The number of imidazole rings is 1. The molecule has 0 saturated carbocycles. The van der Waals surface area contributed by atoms with E-state index < -0.39 is 0 Å². The van der Waals surface area contributed by atoms with Gasteiger partial charge in [-0.1, -0.05) is 0 Å². The van der Waals surface area contributed by atoms with Crippen LogP contribution in [0.25, 0.3) is 11.2 Å². The van der Waals surface area contributed by atoms with Crippen LogP contribution in [0.2, 0.25) is 0 Å². The van der Waals surface area contributed by atoms with E-state index in [4.69, 9.17) is 4.74 Å². The summed E-state index contributed by atoms with van der Waals surface area (Å²) in [5.41, 5.74) is 1.33. The minimum absolute atomic E-state index is 0.0599. The van der Waals surface area contributed by atoms with Gasteiger partial charge in [-0.2, -0.15) is 0 Å². The number of fused-ring (bicyclic) bond motifs is 1. The molecule has 8 nitrogen and oxygen atoms in total. The SMILES string of the molecule is Cn1c(=O)n(C2CCN(C(=O)[C@@H]3CCCO3)CC2)c2ncncc21. The van der Waals surface area contributed by atoms with E-state index in [1.54, 1.807) is 22.4 Å². The molecule has 0 N–H and O–H groups in total. The molecule has 2 saturated heterocycles. The zero-order valence-electron chi connectivity index (χ0n) is 13.7. The number of carbonyl (C=O) groups is 1. The van der Waals surface area contributed by atoms with Gasteiger partial charge < -0.3 is 9.64 Å². The van der Waals surface area contributed by atoms with E-state index in [1.807, 2.05) is 4.90 Å². The second kappa shape index (κ2) is 6.01. The van der Waals surface area contributed by atoms with Crippen molar-refractivity contribution in [2.24, 2.45) is 7.05 Å². The van der Waals surface area contributed by atoms with Gasteiger partial charge in [0.05, 0.1) is 6.20 Å². The van der Waals surface area contributed by atoms with Crippen LogP contribution in [0.5, 0.6) is 0 Å². The highest BCUT2D eigenvalue weighted by molar-refractivity contribution is 5.81. The fourth-order valence-electron chi connectivity index (χ4n) is 3.74. The summed E-state index contributed by atoms with van der Waals surface area (Å²) in [5.74, 6) is 0.0959. The van der Waals surface area contributed by atoms with Gasteiger partial charge in [0.1, 0.15) is 17.9 Å². The summed E-state index contributed by atoms with van der Waals surface area (Å²) in [6.45, 7) is 1.98. The van der Waals surface area contributed by atoms with Crippen LogP contribution in [0, 0.1) is 0 Å². The van der Waals surface area contributed by atoms with Gasteiger partial charge in [-0.15, -0.1) is 0 Å². The first-order valence-corrected chi connectivity index (χ1v) is 8.44. The highest BCUT2D eigenvalue weighted by atomic mass is 16.5. The molecular formula is C16H21N5O3. The Labute approximate surface area is 139 Å². The largest absolute Gasteiger partial charge is 0.368 e. The third kappa shape index (κ3) is 2.41. The van der Waals surface area contributed by atoms with Crippen LogP contribution in [0.3, 0.4) is 0 Å². The molecule has 0 radical (unpaired) electrons. The predicted octanol–water partition coefficient (Wildman–Crippen LogP) is 0.472. The van der Waals surface area contributed by atoms with E-state index in [1.165, 1.54) is 6.33 Å². The number of aryl methyl sites for hydroxylation is 1. The molecule has 24 heavy (non-hydrogen) atoms. The monoisotopic (exact) mass is 331 g/mol. The van der Waals surface area contributed by atoms with Gasteiger partial charge in [0.25, 0.3) is 5.91 Å². The summed E-state index contributed by atoms with van der Waals surface area (Å²) >= 11 is 0. The molecule has 0 aromatic carbocycles. The van der Waals surface area contributed by atoms with Crippen molar-refractivity contribution in [3.63, 3.8) is 0 Å². The van der Waals surface area contributed by atoms with Crippen molar-refractivity contribution >= 4 is 17.1 Å². The molecule has 8 heteroatoms. The van der Waals surface area contributed by atoms with Gasteiger partial charge in [0, 0.05) is 32.8 Å². The predicted molar refractivity (Wildman–Crippen MR) is 86.6 cm³/mol. The van der Waals surface area contributed by atoms with Crippen molar-refractivity contribution in [3.05, 3.63) is 23.0 Å². The van der Waals surface area contributed by atoms with Crippen LogP contribution in [-0.4, -0.2) is 55.7 Å². The molecule has 1 atom stereocenters. The number of amides is 1. The maximum Gasteiger partial charge on any atom is 0.330 e. The third-order valence-electron chi connectivity index (χ3n) is 5.10. The zero-order valence-corrected chi connectivity index (χ0v) is 13.7. The summed E-state index contributed by atoms with van der Waals surface area (Å²) in [5, 5.41) is 0. The Morgan fingerprint density at radius 3 is 2.79 bits per heavy atom. The lowest BCUT2D eigenvalue weighted by atomic mass is 10.0. The number of ether oxygens (including phenoxy) is 1. The molecule has 1 amide bonds. The number of hydrogen-bond donors (Lipinski definition) is 0. The number of rotatable bonds is 2. The second-order valence-corrected chi connectivity index (χ2v) is 6.50. The standard InChI is InChI=1S/C16H21N5O3/c1-19-12-9-17-10-18-14(12)21(16(19)23)11-4-6-20(7-5-11)15(22)13-3-2-8-24-13/h9-11,13H,2-8H2,1H3/t13-/m0/s1. The van der Waals surface area contributed by atoms with Crippen molar-refractivity contribution in [2.45, 2.75) is 37.8 Å². The van der Waals surface area contributed by atoms with E-state index in [0.717, 1.165) is 31.2 Å². The van der Waals surface area contributed by atoms with E-state index >= 15 is 0 Å². The van der Waals surface area contributed by atoms with Crippen molar-refractivity contribution < 1.29 is 9.53 Å². The Hall–Kier alpha value is -2.22. The molecule has 2 aliphatic heterocycles. The Bertz CT molecular complexity index is 813. The molecule has 128 valence electrons. The number of carbonyl (C=O) groups excluding carboxylic acids is 1. The van der Waals surface area contributed by atoms with Crippen LogP contribution in [0.1, 0.15) is 31.7 Å². The van der Waals surface area contributed by atoms with Gasteiger partial charge in [0.15, 0.2) is 5.65 Å². The molecule has 4 heterocycles. The fourth-order valence-corrected chi connectivity index (χ4v) is 3.74. The smallest absolute Gasteiger partial charge is 0.330 e. The fraction of sp³-hybridized carbons (Fsp3) is 0.625. The molecule has 2 aromatic rings. The summed E-state index contributed by atoms with van der Waals surface area (Å²) < 4.78 is 8.83. The average Bonchev–Trinajstić information content (AvgIpc) is 3.23. The van der Waals surface area contributed by atoms with Gasteiger partial charge in [-0.25, -0.2) is 14.8 Å². The maximum atomic E-state index is 12.6. The third-order valence-corrected chi connectivity index (χ3v) is 5.10. The summed E-state index contributed by atoms with van der Waals surface area (Å²) in [6, 6.07) is 0.0599. The molecule has 2 fully saturated rings. The minimum Gasteiger partial charge on any atom is -0.368 e. The number of nitrogens with zero attached hydrogens (tertiary/aromatic N) is 5. The number of likely N-dealkylation sites (tertiary alicyclic amines) is 1. The van der Waals surface area contributed by atoms with E-state index in [2.05, 4.69) is 9.97 Å². The molecule has 0 aliphatic carbocycles. The molecule has 0 unspecified atom stereocenters. The molecule has 0 bridgehead atoms. The highest BCUT2D eigenvalue weighted by Crippen LogP contribution is 2.26. The van der Waals surface area contributed by atoms with Gasteiger partial charge >= 0.3 is 5.69 Å². The minimum atomic E-state index is -0.269. The first-order valence-electron chi connectivity index (χ1n) is 8.44. The summed E-state index contributed by atoms with van der Waals surface area (Å²) in [4.78, 5) is 35.2. The Morgan fingerprint density at radius 1 is 1.29 bits per heavy atom. The zero-order chi connectivity index (χ0) is 16.7. The van der Waals surface area contributed by atoms with Crippen molar-refractivity contribution in [3.8, 4) is 0 Å². The Balaban J connectivity index is 1.53. The van der Waals surface area contributed by atoms with E-state index in [9.17, 15) is 9.59 Å². The normalized spacial score (nSPS) is 22.4. The summed E-state index contributed by atoms with van der Waals surface area (Å²) in [7, 11) is 1.74. The number of hydrogen-bond acceptors (Lipinski definition) is 5. The lowest BCUT2D eigenvalue weighted by Crippen LogP contribution is -2.45. The Morgan fingerprint density at radius 2 is 2.08 bits per heavy atom. The van der Waals surface area contributed by atoms with E-state index in [-0.39, 0.29) is 23.7 Å². The lowest BCUT2D eigenvalue weighted by molar-refractivity contribution is -0.142. The van der Waals surface area contributed by atoms with Gasteiger partial charge in [-0.05, 0) is 25.7 Å². The van der Waals surface area contributed by atoms with Crippen LogP contribution >= 0.6 is 0 Å². The van der Waals surface area contributed by atoms with Crippen molar-refractivity contribution in [1.29, 1.82) is 0 Å². The first kappa shape index (κ1) is 15.3. The molecule has 0 spiro atoms. The lowest BCUT2D eigenvalue weighted by Gasteiger charge is -2.33. The van der Waals surface area contributed by atoms with Gasteiger partial charge in [0.2, 0.25) is 0 Å². The van der Waals surface area contributed by atoms with Crippen molar-refractivity contribution in [1.82, 2.24) is 24.0 Å². The first-order chi connectivity index (χ1) is 11.7. The molecule has 2 aliphatic rings. The Kier molecular flexibility index (Phi) is 3.84. The average molecular weight is 331 g/mol. The van der Waals surface area contributed by atoms with Gasteiger partial charge in [-0.3, -0.25) is 13.9 Å². The topological polar surface area (TPSA) is 82.2 Å². The molecule has 4 rings (SSSR count). The molecular weight excluding hydrogens is 310 g/mol. The van der Waals surface area contributed by atoms with Crippen molar-refractivity contribution in [2.75, 3.05) is 19.7 Å².